The third kappa shape index (κ3) is 2.97. The fraction of sp³-hybridized carbons (Fsp3) is 0.273. The van der Waals surface area contributed by atoms with Crippen LogP contribution in [-0.2, 0) is 19.1 Å². The van der Waals surface area contributed by atoms with Gasteiger partial charge in [-0.1, -0.05) is 29.8 Å². The average Bonchev–Trinajstić information content (AvgIpc) is 2.26. The van der Waals surface area contributed by atoms with E-state index in [9.17, 15) is 9.59 Å². The summed E-state index contributed by atoms with van der Waals surface area (Å²) in [4.78, 5) is 22.3. The number of methoxy groups -OCH3 is 1. The Morgan fingerprint density at radius 1 is 1.31 bits per heavy atom. The van der Waals surface area contributed by atoms with Crippen LogP contribution in [0.1, 0.15) is 18.6 Å². The van der Waals surface area contributed by atoms with E-state index in [4.69, 9.17) is 16.3 Å². The molecule has 0 aliphatic heterocycles. The van der Waals surface area contributed by atoms with Crippen molar-refractivity contribution in [2.24, 2.45) is 0 Å². The van der Waals surface area contributed by atoms with Crippen LogP contribution in [0.4, 0.5) is 0 Å². The summed E-state index contributed by atoms with van der Waals surface area (Å²) in [6.45, 7) is 1.22. The van der Waals surface area contributed by atoms with E-state index in [1.165, 1.54) is 14.0 Å². The van der Waals surface area contributed by atoms with Gasteiger partial charge in [0, 0.05) is 17.5 Å². The highest BCUT2D eigenvalue weighted by molar-refractivity contribution is 6.31. The Balaban J connectivity index is 3.06. The highest BCUT2D eigenvalue weighted by atomic mass is 35.5. The van der Waals surface area contributed by atoms with Crippen molar-refractivity contribution >= 4 is 23.5 Å². The first-order valence-electron chi connectivity index (χ1n) is 4.55. The molecule has 86 valence electrons. The minimum Gasteiger partial charge on any atom is -0.466 e. The van der Waals surface area contributed by atoms with Crippen LogP contribution in [0.25, 0.3) is 0 Å². The summed E-state index contributed by atoms with van der Waals surface area (Å²) in [5.74, 6) is -1.24. The topological polar surface area (TPSA) is 52.6 Å². The van der Waals surface area contributed by atoms with Crippen LogP contribution in [-0.4, -0.2) is 19.0 Å². The summed E-state index contributed by atoms with van der Waals surface area (Å²) in [5, 5.41) is 0.346. The molecule has 0 saturated carbocycles. The second-order valence-electron chi connectivity index (χ2n) is 3.03. The lowest BCUT2D eigenvalue weighted by atomic mass is 10.1. The van der Waals surface area contributed by atoms with Crippen molar-refractivity contribution in [2.75, 3.05) is 7.11 Å². The van der Waals surface area contributed by atoms with E-state index in [1.807, 2.05) is 0 Å². The van der Waals surface area contributed by atoms with E-state index in [1.54, 1.807) is 24.3 Å². The van der Waals surface area contributed by atoms with Gasteiger partial charge in [-0.25, -0.2) is 4.79 Å². The summed E-state index contributed by atoms with van der Waals surface area (Å²) in [6, 6.07) is 6.62. The number of halogens is 1. The Kier molecular flexibility index (Phi) is 4.31. The molecule has 1 atom stereocenters. The van der Waals surface area contributed by atoms with E-state index in [0.29, 0.717) is 10.6 Å². The van der Waals surface area contributed by atoms with Crippen LogP contribution in [0.15, 0.2) is 24.3 Å². The summed E-state index contributed by atoms with van der Waals surface area (Å²) >= 11 is 5.90. The number of hydrogen-bond acceptors (Lipinski definition) is 4. The zero-order valence-corrected chi connectivity index (χ0v) is 9.65. The number of benzene rings is 1. The molecule has 0 spiro atoms. The van der Waals surface area contributed by atoms with Gasteiger partial charge in [0.2, 0.25) is 6.10 Å². The van der Waals surface area contributed by atoms with Gasteiger partial charge in [0.25, 0.3) is 0 Å². The molecule has 0 amide bonds. The van der Waals surface area contributed by atoms with Crippen molar-refractivity contribution in [3.05, 3.63) is 34.9 Å². The zero-order chi connectivity index (χ0) is 12.1. The number of esters is 2. The molecular weight excluding hydrogens is 232 g/mol. The number of carbonyl (C=O) groups is 2. The van der Waals surface area contributed by atoms with Gasteiger partial charge in [-0.05, 0) is 6.07 Å². The second-order valence-corrected chi connectivity index (χ2v) is 3.44. The normalized spacial score (nSPS) is 11.7. The first kappa shape index (κ1) is 12.5. The first-order chi connectivity index (χ1) is 7.56. The lowest BCUT2D eigenvalue weighted by Gasteiger charge is -2.15. The van der Waals surface area contributed by atoms with Crippen LogP contribution in [0.2, 0.25) is 5.02 Å². The molecule has 0 fully saturated rings. The van der Waals surface area contributed by atoms with Crippen molar-refractivity contribution in [1.82, 2.24) is 0 Å². The Labute approximate surface area is 98.1 Å². The number of rotatable bonds is 3. The SMILES string of the molecule is COC(=O)[C@H](OC(C)=O)c1ccccc1Cl. The maximum Gasteiger partial charge on any atom is 0.352 e. The molecule has 0 unspecified atom stereocenters. The van der Waals surface area contributed by atoms with Crippen molar-refractivity contribution in [3.8, 4) is 0 Å². The van der Waals surface area contributed by atoms with Crippen LogP contribution in [0.3, 0.4) is 0 Å². The van der Waals surface area contributed by atoms with Gasteiger partial charge < -0.3 is 9.47 Å². The molecule has 0 bridgehead atoms. The maximum absolute atomic E-state index is 11.4. The standard InChI is InChI=1S/C11H11ClO4/c1-7(13)16-10(11(14)15-2)8-5-3-4-6-9(8)12/h3-6,10H,1-2H3/t10-/m1/s1. The highest BCUT2D eigenvalue weighted by Gasteiger charge is 2.26. The quantitative estimate of drug-likeness (QED) is 0.762. The van der Waals surface area contributed by atoms with Crippen LogP contribution < -0.4 is 0 Å². The van der Waals surface area contributed by atoms with E-state index in [0.717, 1.165) is 0 Å². The molecule has 4 nitrogen and oxygen atoms in total. The second kappa shape index (κ2) is 5.51. The molecule has 0 N–H and O–H groups in total. The zero-order valence-electron chi connectivity index (χ0n) is 8.90. The van der Waals surface area contributed by atoms with Crippen molar-refractivity contribution in [3.63, 3.8) is 0 Å². The molecule has 0 radical (unpaired) electrons. The van der Waals surface area contributed by atoms with E-state index >= 15 is 0 Å². The summed E-state index contributed by atoms with van der Waals surface area (Å²) in [5.41, 5.74) is 0.409. The van der Waals surface area contributed by atoms with Crippen molar-refractivity contribution in [1.29, 1.82) is 0 Å². The van der Waals surface area contributed by atoms with Gasteiger partial charge in [0.15, 0.2) is 0 Å². The van der Waals surface area contributed by atoms with Crippen molar-refractivity contribution in [2.45, 2.75) is 13.0 Å². The van der Waals surface area contributed by atoms with Gasteiger partial charge in [-0.2, -0.15) is 0 Å². The Morgan fingerprint density at radius 3 is 2.44 bits per heavy atom. The molecule has 1 rings (SSSR count). The lowest BCUT2D eigenvalue weighted by molar-refractivity contribution is -0.165. The molecule has 5 heteroatoms. The fourth-order valence-corrected chi connectivity index (χ4v) is 1.43. The number of carbonyl (C=O) groups excluding carboxylic acids is 2. The van der Waals surface area contributed by atoms with Gasteiger partial charge in [-0.3, -0.25) is 4.79 Å². The molecule has 16 heavy (non-hydrogen) atoms. The Morgan fingerprint density at radius 2 is 1.94 bits per heavy atom. The van der Waals surface area contributed by atoms with Gasteiger partial charge in [0.05, 0.1) is 7.11 Å². The van der Waals surface area contributed by atoms with E-state index in [-0.39, 0.29) is 0 Å². The van der Waals surface area contributed by atoms with Crippen LogP contribution >= 0.6 is 11.6 Å². The summed E-state index contributed by atoms with van der Waals surface area (Å²) in [7, 11) is 1.22. The average molecular weight is 243 g/mol. The third-order valence-corrected chi connectivity index (χ3v) is 2.23. The van der Waals surface area contributed by atoms with E-state index < -0.39 is 18.0 Å². The molecule has 1 aromatic carbocycles. The summed E-state index contributed by atoms with van der Waals surface area (Å²) < 4.78 is 9.42. The van der Waals surface area contributed by atoms with E-state index in [2.05, 4.69) is 4.74 Å². The predicted octanol–water partition coefficient (Wildman–Crippen LogP) is 2.12. The first-order valence-corrected chi connectivity index (χ1v) is 4.93. The molecule has 0 heterocycles. The van der Waals surface area contributed by atoms with Gasteiger partial charge in [-0.15, -0.1) is 0 Å². The van der Waals surface area contributed by atoms with Crippen molar-refractivity contribution < 1.29 is 19.1 Å². The Hall–Kier alpha value is -1.55. The fourth-order valence-electron chi connectivity index (χ4n) is 1.20. The maximum atomic E-state index is 11.4. The Bertz CT molecular complexity index is 403. The molecule has 0 aliphatic rings. The largest absolute Gasteiger partial charge is 0.466 e. The smallest absolute Gasteiger partial charge is 0.352 e. The minimum atomic E-state index is -1.11. The van der Waals surface area contributed by atoms with Gasteiger partial charge in [0.1, 0.15) is 0 Å². The minimum absolute atomic E-state index is 0.346. The molecule has 0 saturated heterocycles. The molecule has 1 aromatic rings. The highest BCUT2D eigenvalue weighted by Crippen LogP contribution is 2.26. The van der Waals surface area contributed by atoms with Gasteiger partial charge >= 0.3 is 11.9 Å². The monoisotopic (exact) mass is 242 g/mol. The number of hydrogen-bond donors (Lipinski definition) is 0. The molecule has 0 aliphatic carbocycles. The van der Waals surface area contributed by atoms with Crippen LogP contribution in [0.5, 0.6) is 0 Å². The lowest BCUT2D eigenvalue weighted by Crippen LogP contribution is -2.20. The summed E-state index contributed by atoms with van der Waals surface area (Å²) in [6.07, 6.45) is -1.11. The predicted molar refractivity (Wildman–Crippen MR) is 58.0 cm³/mol. The molecule has 0 aromatic heterocycles. The number of ether oxygens (including phenoxy) is 2. The van der Waals surface area contributed by atoms with Crippen LogP contribution in [0, 0.1) is 0 Å². The molecular formula is C11H11ClO4. The third-order valence-electron chi connectivity index (χ3n) is 1.89.